The van der Waals surface area contributed by atoms with E-state index in [2.05, 4.69) is 10.3 Å². The Kier molecular flexibility index (Phi) is 2.65. The van der Waals surface area contributed by atoms with Crippen molar-refractivity contribution >= 4 is 5.69 Å². The molecule has 1 N–H and O–H groups in total. The van der Waals surface area contributed by atoms with Gasteiger partial charge in [-0.3, -0.25) is 4.98 Å². The van der Waals surface area contributed by atoms with E-state index in [0.29, 0.717) is 11.6 Å². The maximum atomic E-state index is 8.58. The predicted molar refractivity (Wildman–Crippen MR) is 47.7 cm³/mol. The number of nitriles is 1. The molecule has 0 saturated heterocycles. The fraction of sp³-hybridized carbons (Fsp3) is 0.333. The second kappa shape index (κ2) is 3.72. The molecule has 0 bridgehead atoms. The monoisotopic (exact) mass is 161 g/mol. The first-order valence-electron chi connectivity index (χ1n) is 3.84. The molecule has 0 unspecified atom stereocenters. The zero-order chi connectivity index (χ0) is 8.97. The van der Waals surface area contributed by atoms with Gasteiger partial charge in [0, 0.05) is 12.2 Å². The molecule has 0 aliphatic rings. The molecule has 1 aromatic heterocycles. The minimum Gasteiger partial charge on any atom is -0.382 e. The standard InChI is InChI=1S/C9H11N3/c1-7(2)12-9-3-8(4-10)5-11-6-9/h3,5-7,12H,1-2H3. The minimum absolute atomic E-state index is 0.362. The third-order valence-corrected chi connectivity index (χ3v) is 1.32. The molecule has 0 aromatic carbocycles. The van der Waals surface area contributed by atoms with Crippen molar-refractivity contribution in [3.63, 3.8) is 0 Å². The largest absolute Gasteiger partial charge is 0.382 e. The van der Waals surface area contributed by atoms with E-state index in [1.807, 2.05) is 19.9 Å². The Morgan fingerprint density at radius 1 is 1.50 bits per heavy atom. The summed E-state index contributed by atoms with van der Waals surface area (Å²) in [5, 5.41) is 11.7. The number of hydrogen-bond donors (Lipinski definition) is 1. The average Bonchev–Trinajstić information content (AvgIpc) is 2.03. The van der Waals surface area contributed by atoms with Crippen LogP contribution in [-0.2, 0) is 0 Å². The van der Waals surface area contributed by atoms with Gasteiger partial charge in [-0.25, -0.2) is 0 Å². The maximum Gasteiger partial charge on any atom is 0.101 e. The van der Waals surface area contributed by atoms with Gasteiger partial charge in [0.15, 0.2) is 0 Å². The molecule has 1 rings (SSSR count). The van der Waals surface area contributed by atoms with Crippen molar-refractivity contribution < 1.29 is 0 Å². The second-order valence-corrected chi connectivity index (χ2v) is 2.87. The van der Waals surface area contributed by atoms with Crippen LogP contribution in [0.1, 0.15) is 19.4 Å². The maximum absolute atomic E-state index is 8.58. The van der Waals surface area contributed by atoms with E-state index in [1.165, 1.54) is 0 Å². The molecule has 0 saturated carbocycles. The van der Waals surface area contributed by atoms with Crippen molar-refractivity contribution in [2.45, 2.75) is 19.9 Å². The Labute approximate surface area is 72.1 Å². The molecule has 0 spiro atoms. The summed E-state index contributed by atoms with van der Waals surface area (Å²) in [5.41, 5.74) is 1.48. The van der Waals surface area contributed by atoms with Gasteiger partial charge in [0.1, 0.15) is 6.07 Å². The van der Waals surface area contributed by atoms with Crippen LogP contribution in [0.25, 0.3) is 0 Å². The van der Waals surface area contributed by atoms with Crippen LogP contribution >= 0.6 is 0 Å². The first-order valence-corrected chi connectivity index (χ1v) is 3.84. The third kappa shape index (κ3) is 2.24. The molecule has 0 radical (unpaired) electrons. The van der Waals surface area contributed by atoms with Crippen molar-refractivity contribution in [3.05, 3.63) is 24.0 Å². The molecule has 0 atom stereocenters. The first-order chi connectivity index (χ1) is 5.72. The van der Waals surface area contributed by atoms with Gasteiger partial charge in [-0.15, -0.1) is 0 Å². The molecule has 0 fully saturated rings. The summed E-state index contributed by atoms with van der Waals surface area (Å²) in [6.07, 6.45) is 3.26. The van der Waals surface area contributed by atoms with Crippen LogP contribution in [0.4, 0.5) is 5.69 Å². The molecule has 0 aliphatic heterocycles. The van der Waals surface area contributed by atoms with Gasteiger partial charge >= 0.3 is 0 Å². The number of rotatable bonds is 2. The zero-order valence-corrected chi connectivity index (χ0v) is 7.20. The molecule has 0 aliphatic carbocycles. The normalized spacial score (nSPS) is 9.50. The van der Waals surface area contributed by atoms with E-state index in [1.54, 1.807) is 18.5 Å². The van der Waals surface area contributed by atoms with Crippen molar-refractivity contribution in [1.82, 2.24) is 4.98 Å². The Bertz CT molecular complexity index is 299. The van der Waals surface area contributed by atoms with E-state index in [9.17, 15) is 0 Å². The van der Waals surface area contributed by atoms with E-state index in [0.717, 1.165) is 5.69 Å². The van der Waals surface area contributed by atoms with Crippen LogP contribution in [0.3, 0.4) is 0 Å². The predicted octanol–water partition coefficient (Wildman–Crippen LogP) is 1.77. The Hall–Kier alpha value is -1.56. The summed E-state index contributed by atoms with van der Waals surface area (Å²) in [6, 6.07) is 4.18. The highest BCUT2D eigenvalue weighted by Crippen LogP contribution is 2.08. The lowest BCUT2D eigenvalue weighted by molar-refractivity contribution is 0.897. The quantitative estimate of drug-likeness (QED) is 0.719. The molecule has 62 valence electrons. The highest BCUT2D eigenvalue weighted by molar-refractivity contribution is 5.46. The molecular formula is C9H11N3. The summed E-state index contributed by atoms with van der Waals surface area (Å²) >= 11 is 0. The van der Waals surface area contributed by atoms with Crippen molar-refractivity contribution in [3.8, 4) is 6.07 Å². The van der Waals surface area contributed by atoms with Crippen LogP contribution in [0, 0.1) is 11.3 Å². The third-order valence-electron chi connectivity index (χ3n) is 1.32. The Balaban J connectivity index is 2.81. The van der Waals surface area contributed by atoms with Crippen molar-refractivity contribution in [1.29, 1.82) is 5.26 Å². The summed E-state index contributed by atoms with van der Waals surface area (Å²) in [7, 11) is 0. The summed E-state index contributed by atoms with van der Waals surface area (Å²) in [6.45, 7) is 4.08. The summed E-state index contributed by atoms with van der Waals surface area (Å²) in [4.78, 5) is 3.92. The molecule has 1 heterocycles. The number of nitrogens with one attached hydrogen (secondary N) is 1. The van der Waals surface area contributed by atoms with Gasteiger partial charge in [0.05, 0.1) is 17.4 Å². The molecular weight excluding hydrogens is 150 g/mol. The second-order valence-electron chi connectivity index (χ2n) is 2.87. The van der Waals surface area contributed by atoms with Crippen molar-refractivity contribution in [2.75, 3.05) is 5.32 Å². The molecule has 12 heavy (non-hydrogen) atoms. The molecule has 1 aromatic rings. The Morgan fingerprint density at radius 2 is 2.25 bits per heavy atom. The molecule has 0 amide bonds. The van der Waals surface area contributed by atoms with Crippen molar-refractivity contribution in [2.24, 2.45) is 0 Å². The summed E-state index contributed by atoms with van der Waals surface area (Å²) in [5.74, 6) is 0. The highest BCUT2D eigenvalue weighted by atomic mass is 14.9. The van der Waals surface area contributed by atoms with Gasteiger partial charge in [0.25, 0.3) is 0 Å². The van der Waals surface area contributed by atoms with Gasteiger partial charge in [-0.05, 0) is 19.9 Å². The number of anilines is 1. The van der Waals surface area contributed by atoms with Crippen LogP contribution in [0.15, 0.2) is 18.5 Å². The van der Waals surface area contributed by atoms with Gasteiger partial charge in [0.2, 0.25) is 0 Å². The zero-order valence-electron chi connectivity index (χ0n) is 7.20. The van der Waals surface area contributed by atoms with Gasteiger partial charge < -0.3 is 5.32 Å². The minimum atomic E-state index is 0.362. The summed E-state index contributed by atoms with van der Waals surface area (Å²) < 4.78 is 0. The van der Waals surface area contributed by atoms with Crippen LogP contribution < -0.4 is 5.32 Å². The van der Waals surface area contributed by atoms with E-state index in [4.69, 9.17) is 5.26 Å². The number of nitrogens with zero attached hydrogens (tertiary/aromatic N) is 2. The topological polar surface area (TPSA) is 48.7 Å². The van der Waals surface area contributed by atoms with Gasteiger partial charge in [-0.1, -0.05) is 0 Å². The SMILES string of the molecule is CC(C)Nc1cncc(C#N)c1. The van der Waals surface area contributed by atoms with Gasteiger partial charge in [-0.2, -0.15) is 5.26 Å². The fourth-order valence-electron chi connectivity index (χ4n) is 0.913. The van der Waals surface area contributed by atoms with E-state index in [-0.39, 0.29) is 0 Å². The molecule has 3 nitrogen and oxygen atoms in total. The lowest BCUT2D eigenvalue weighted by atomic mass is 10.2. The number of pyridine rings is 1. The van der Waals surface area contributed by atoms with Crippen LogP contribution in [0.5, 0.6) is 0 Å². The Morgan fingerprint density at radius 3 is 2.83 bits per heavy atom. The molecule has 3 heteroatoms. The van der Waals surface area contributed by atoms with E-state index < -0.39 is 0 Å². The fourth-order valence-corrected chi connectivity index (χ4v) is 0.913. The smallest absolute Gasteiger partial charge is 0.101 e. The number of hydrogen-bond acceptors (Lipinski definition) is 3. The highest BCUT2D eigenvalue weighted by Gasteiger charge is 1.96. The average molecular weight is 161 g/mol. The van der Waals surface area contributed by atoms with Crippen LogP contribution in [-0.4, -0.2) is 11.0 Å². The lowest BCUT2D eigenvalue weighted by Crippen LogP contribution is -2.09. The van der Waals surface area contributed by atoms with Crippen LogP contribution in [0.2, 0.25) is 0 Å². The van der Waals surface area contributed by atoms with E-state index >= 15 is 0 Å². The first kappa shape index (κ1) is 8.54. The number of aromatic nitrogens is 1. The lowest BCUT2D eigenvalue weighted by Gasteiger charge is -2.08.